The van der Waals surface area contributed by atoms with Gasteiger partial charge in [-0.3, -0.25) is 4.90 Å². The van der Waals surface area contributed by atoms with Gasteiger partial charge >= 0.3 is 0 Å². The average molecular weight is 163 g/mol. The first kappa shape index (κ1) is 8.41. The Morgan fingerprint density at radius 2 is 1.70 bits per heavy atom. The van der Waals surface area contributed by atoms with Crippen LogP contribution in [-0.4, -0.2) is 34.1 Å². The predicted molar refractivity (Wildman–Crippen MR) is 41.6 cm³/mol. The molecule has 0 unspecified atom stereocenters. The number of rotatable bonds is 2. The summed E-state index contributed by atoms with van der Waals surface area (Å²) in [6, 6.07) is 0. The Bertz CT molecular complexity index is 93.7. The van der Waals surface area contributed by atoms with Crippen LogP contribution in [0.3, 0.4) is 0 Å². The van der Waals surface area contributed by atoms with Gasteiger partial charge in [-0.05, 0) is 25.9 Å². The van der Waals surface area contributed by atoms with E-state index in [1.54, 1.807) is 0 Å². The normalized spacial score (nSPS) is 21.9. The molecule has 0 aromatic rings. The first-order chi connectivity index (χ1) is 4.79. The SMILES string of the molecule is OP(O)CN1CCCCC1. The third-order valence-electron chi connectivity index (χ3n) is 1.78. The van der Waals surface area contributed by atoms with Crippen LogP contribution in [0, 0.1) is 0 Å². The quantitative estimate of drug-likeness (QED) is 0.590. The van der Waals surface area contributed by atoms with E-state index in [-0.39, 0.29) is 0 Å². The molecule has 1 aliphatic rings. The van der Waals surface area contributed by atoms with Crippen molar-refractivity contribution in [2.24, 2.45) is 0 Å². The van der Waals surface area contributed by atoms with Crippen LogP contribution in [0.25, 0.3) is 0 Å². The van der Waals surface area contributed by atoms with E-state index < -0.39 is 8.38 Å². The topological polar surface area (TPSA) is 43.7 Å². The van der Waals surface area contributed by atoms with Crippen LogP contribution in [0.15, 0.2) is 0 Å². The van der Waals surface area contributed by atoms with Crippen molar-refractivity contribution in [2.75, 3.05) is 19.4 Å². The van der Waals surface area contributed by atoms with Crippen LogP contribution in [0.1, 0.15) is 19.3 Å². The lowest BCUT2D eigenvalue weighted by Crippen LogP contribution is -2.29. The second-order valence-corrected chi connectivity index (χ2v) is 3.72. The Morgan fingerprint density at radius 1 is 1.10 bits per heavy atom. The molecule has 0 spiro atoms. The maximum absolute atomic E-state index is 8.68. The molecular weight excluding hydrogens is 149 g/mol. The number of hydrogen-bond donors (Lipinski definition) is 2. The summed E-state index contributed by atoms with van der Waals surface area (Å²) < 4.78 is 0. The molecule has 0 aromatic heterocycles. The summed E-state index contributed by atoms with van der Waals surface area (Å²) in [5.41, 5.74) is 0. The molecule has 4 heteroatoms. The molecule has 0 aliphatic carbocycles. The van der Waals surface area contributed by atoms with E-state index in [0.717, 1.165) is 13.1 Å². The lowest BCUT2D eigenvalue weighted by atomic mass is 10.1. The van der Waals surface area contributed by atoms with Gasteiger partial charge in [0.25, 0.3) is 0 Å². The zero-order valence-electron chi connectivity index (χ0n) is 6.03. The molecule has 0 amide bonds. The summed E-state index contributed by atoms with van der Waals surface area (Å²) in [5, 5.41) is 0. The highest BCUT2D eigenvalue weighted by atomic mass is 31.2. The lowest BCUT2D eigenvalue weighted by Gasteiger charge is -2.26. The van der Waals surface area contributed by atoms with E-state index in [1.165, 1.54) is 19.3 Å². The van der Waals surface area contributed by atoms with Crippen molar-refractivity contribution in [2.45, 2.75) is 19.3 Å². The number of nitrogens with zero attached hydrogens (tertiary/aromatic N) is 1. The van der Waals surface area contributed by atoms with Gasteiger partial charge in [-0.2, -0.15) is 0 Å². The molecule has 0 atom stereocenters. The van der Waals surface area contributed by atoms with E-state index in [0.29, 0.717) is 6.29 Å². The molecule has 1 saturated heterocycles. The second-order valence-electron chi connectivity index (χ2n) is 2.69. The van der Waals surface area contributed by atoms with E-state index in [1.807, 2.05) is 0 Å². The van der Waals surface area contributed by atoms with Crippen molar-refractivity contribution in [1.29, 1.82) is 0 Å². The molecule has 10 heavy (non-hydrogen) atoms. The summed E-state index contributed by atoms with van der Waals surface area (Å²) in [6.45, 7) is 2.08. The molecule has 0 saturated carbocycles. The van der Waals surface area contributed by atoms with Crippen LogP contribution in [0.2, 0.25) is 0 Å². The van der Waals surface area contributed by atoms with Crippen LogP contribution in [0.4, 0.5) is 0 Å². The third-order valence-corrected chi connectivity index (χ3v) is 2.43. The molecule has 1 rings (SSSR count). The van der Waals surface area contributed by atoms with E-state index in [9.17, 15) is 0 Å². The molecule has 2 N–H and O–H groups in total. The monoisotopic (exact) mass is 163 g/mol. The minimum Gasteiger partial charge on any atom is -0.349 e. The Morgan fingerprint density at radius 3 is 2.20 bits per heavy atom. The number of hydrogen-bond acceptors (Lipinski definition) is 3. The fraction of sp³-hybridized carbons (Fsp3) is 1.00. The van der Waals surface area contributed by atoms with Gasteiger partial charge in [0.15, 0.2) is 8.38 Å². The lowest BCUT2D eigenvalue weighted by molar-refractivity contribution is 0.252. The van der Waals surface area contributed by atoms with Gasteiger partial charge in [-0.25, -0.2) is 0 Å². The Balaban J connectivity index is 2.13. The van der Waals surface area contributed by atoms with Crippen molar-refractivity contribution < 1.29 is 9.79 Å². The van der Waals surface area contributed by atoms with Crippen molar-refractivity contribution >= 4 is 8.38 Å². The predicted octanol–water partition coefficient (Wildman–Crippen LogP) is 0.726. The molecular formula is C6H14NO2P. The molecule has 3 nitrogen and oxygen atoms in total. The Hall–Kier alpha value is 0.310. The molecule has 0 bridgehead atoms. The van der Waals surface area contributed by atoms with Crippen LogP contribution in [0.5, 0.6) is 0 Å². The van der Waals surface area contributed by atoms with Crippen LogP contribution < -0.4 is 0 Å². The molecule has 60 valence electrons. The highest BCUT2D eigenvalue weighted by molar-refractivity contribution is 7.44. The average Bonchev–Trinajstić information content (AvgIpc) is 1.88. The standard InChI is InChI=1S/C6H14NO2P/c8-10(9)6-7-4-2-1-3-5-7/h8-9H,1-6H2. The van der Waals surface area contributed by atoms with Gasteiger partial charge in [-0.1, -0.05) is 6.42 Å². The first-order valence-corrected chi connectivity index (χ1v) is 5.10. The number of likely N-dealkylation sites (tertiary alicyclic amines) is 1. The summed E-state index contributed by atoms with van der Waals surface area (Å²) in [5.74, 6) is 0. The highest BCUT2D eigenvalue weighted by Crippen LogP contribution is 2.25. The summed E-state index contributed by atoms with van der Waals surface area (Å²) in [4.78, 5) is 19.5. The Labute approximate surface area is 62.6 Å². The molecule has 1 heterocycles. The summed E-state index contributed by atoms with van der Waals surface area (Å²) in [6.07, 6.45) is 4.20. The molecule has 0 aromatic carbocycles. The van der Waals surface area contributed by atoms with Gasteiger partial charge in [0.2, 0.25) is 0 Å². The zero-order valence-corrected chi connectivity index (χ0v) is 6.93. The van der Waals surface area contributed by atoms with Crippen molar-refractivity contribution in [3.8, 4) is 0 Å². The maximum Gasteiger partial charge on any atom is 0.180 e. The largest absolute Gasteiger partial charge is 0.349 e. The van der Waals surface area contributed by atoms with Crippen molar-refractivity contribution in [3.05, 3.63) is 0 Å². The molecule has 1 aliphatic heterocycles. The van der Waals surface area contributed by atoms with Crippen LogP contribution >= 0.6 is 8.38 Å². The number of piperidine rings is 1. The van der Waals surface area contributed by atoms with E-state index in [4.69, 9.17) is 9.79 Å². The smallest absolute Gasteiger partial charge is 0.180 e. The fourth-order valence-electron chi connectivity index (χ4n) is 1.28. The van der Waals surface area contributed by atoms with Gasteiger partial charge < -0.3 is 9.79 Å². The second kappa shape index (κ2) is 4.24. The summed E-state index contributed by atoms with van der Waals surface area (Å²) in [7, 11) is -1.70. The minimum absolute atomic E-state index is 0.481. The van der Waals surface area contributed by atoms with Gasteiger partial charge in [0, 0.05) is 0 Å². The molecule has 1 fully saturated rings. The van der Waals surface area contributed by atoms with E-state index >= 15 is 0 Å². The maximum atomic E-state index is 8.68. The van der Waals surface area contributed by atoms with Crippen molar-refractivity contribution in [3.63, 3.8) is 0 Å². The fourth-order valence-corrected chi connectivity index (χ4v) is 1.92. The van der Waals surface area contributed by atoms with Gasteiger partial charge in [-0.15, -0.1) is 0 Å². The Kier molecular flexibility index (Phi) is 3.57. The van der Waals surface area contributed by atoms with Crippen LogP contribution in [-0.2, 0) is 0 Å². The zero-order chi connectivity index (χ0) is 7.40. The van der Waals surface area contributed by atoms with Gasteiger partial charge in [0.1, 0.15) is 0 Å². The summed E-state index contributed by atoms with van der Waals surface area (Å²) >= 11 is 0. The first-order valence-electron chi connectivity index (χ1n) is 3.66. The van der Waals surface area contributed by atoms with Crippen molar-refractivity contribution in [1.82, 2.24) is 4.90 Å². The van der Waals surface area contributed by atoms with E-state index in [2.05, 4.69) is 4.90 Å². The minimum atomic E-state index is -1.70. The third kappa shape index (κ3) is 2.93. The molecule has 0 radical (unpaired) electrons. The van der Waals surface area contributed by atoms with Gasteiger partial charge in [0.05, 0.1) is 6.29 Å². The highest BCUT2D eigenvalue weighted by Gasteiger charge is 2.12.